The number of nitrogens with zero attached hydrogens (tertiary/aromatic N) is 3. The summed E-state index contributed by atoms with van der Waals surface area (Å²) in [7, 11) is 1.50. The number of carbonyl (C=O) groups excluding carboxylic acids is 3. The molecule has 2 aromatic rings. The molecule has 3 amide bonds. The summed E-state index contributed by atoms with van der Waals surface area (Å²) in [4.78, 5) is 37.3. The zero-order valence-corrected chi connectivity index (χ0v) is 17.1. The van der Waals surface area contributed by atoms with Gasteiger partial charge in [-0.2, -0.15) is 5.10 Å². The molecule has 0 fully saturated rings. The van der Waals surface area contributed by atoms with Crippen LogP contribution in [0.4, 0.5) is 10.5 Å². The summed E-state index contributed by atoms with van der Waals surface area (Å²) in [5, 5.41) is 9.54. The molecule has 0 spiro atoms. The van der Waals surface area contributed by atoms with E-state index in [2.05, 4.69) is 15.7 Å². The van der Waals surface area contributed by atoms with Gasteiger partial charge in [0, 0.05) is 31.7 Å². The minimum atomic E-state index is -0.621. The summed E-state index contributed by atoms with van der Waals surface area (Å²) in [6.45, 7) is 5.56. The summed E-state index contributed by atoms with van der Waals surface area (Å²) >= 11 is 0. The molecule has 1 aromatic heterocycles. The minimum Gasteiger partial charge on any atom is -0.444 e. The van der Waals surface area contributed by atoms with Gasteiger partial charge >= 0.3 is 6.09 Å². The summed E-state index contributed by atoms with van der Waals surface area (Å²) in [5.41, 5.74) is 0.819. The fraction of sp³-hybridized carbons (Fsp3) is 0.400. The fourth-order valence-corrected chi connectivity index (χ4v) is 2.38. The van der Waals surface area contributed by atoms with Crippen molar-refractivity contribution in [2.75, 3.05) is 18.9 Å². The van der Waals surface area contributed by atoms with Crippen LogP contribution in [0.25, 0.3) is 0 Å². The van der Waals surface area contributed by atoms with Gasteiger partial charge in [0.1, 0.15) is 18.7 Å². The van der Waals surface area contributed by atoms with E-state index in [4.69, 9.17) is 4.74 Å². The number of carbonyl (C=O) groups is 3. The third-order valence-electron chi connectivity index (χ3n) is 3.65. The maximum atomic E-state index is 12.1. The average molecular weight is 401 g/mol. The highest BCUT2D eigenvalue weighted by Gasteiger charge is 2.21. The lowest BCUT2D eigenvalue weighted by atomic mass is 10.2. The summed E-state index contributed by atoms with van der Waals surface area (Å²) in [6, 6.07) is 8.91. The third kappa shape index (κ3) is 8.04. The topological polar surface area (TPSA) is 106 Å². The molecule has 0 aliphatic rings. The van der Waals surface area contributed by atoms with Gasteiger partial charge in [0.25, 0.3) is 0 Å². The smallest absolute Gasteiger partial charge is 0.410 e. The molecule has 156 valence electrons. The Kier molecular flexibility index (Phi) is 7.35. The molecule has 2 rings (SSSR count). The Bertz CT molecular complexity index is 843. The number of amides is 3. The van der Waals surface area contributed by atoms with Crippen molar-refractivity contribution in [1.29, 1.82) is 0 Å². The van der Waals surface area contributed by atoms with E-state index < -0.39 is 11.7 Å². The Morgan fingerprint density at radius 2 is 1.93 bits per heavy atom. The Morgan fingerprint density at radius 3 is 2.59 bits per heavy atom. The van der Waals surface area contributed by atoms with Crippen LogP contribution in [0.15, 0.2) is 42.7 Å². The highest BCUT2D eigenvalue weighted by Crippen LogP contribution is 2.11. The number of benzene rings is 1. The highest BCUT2D eigenvalue weighted by molar-refractivity contribution is 5.90. The molecule has 0 unspecified atom stereocenters. The first kappa shape index (κ1) is 21.9. The van der Waals surface area contributed by atoms with Gasteiger partial charge < -0.3 is 20.3 Å². The predicted molar refractivity (Wildman–Crippen MR) is 108 cm³/mol. The first-order valence-corrected chi connectivity index (χ1v) is 9.19. The molecule has 0 atom stereocenters. The molecule has 0 aliphatic carbocycles. The van der Waals surface area contributed by atoms with E-state index in [0.29, 0.717) is 5.69 Å². The van der Waals surface area contributed by atoms with E-state index in [9.17, 15) is 14.4 Å². The van der Waals surface area contributed by atoms with Gasteiger partial charge in [0.05, 0.1) is 0 Å². The van der Waals surface area contributed by atoms with Gasteiger partial charge in [-0.05, 0) is 44.5 Å². The zero-order chi connectivity index (χ0) is 21.4. The number of anilines is 1. The first-order chi connectivity index (χ1) is 13.6. The summed E-state index contributed by atoms with van der Waals surface area (Å²) in [6.07, 6.45) is 2.76. The van der Waals surface area contributed by atoms with E-state index in [-0.39, 0.29) is 31.4 Å². The van der Waals surface area contributed by atoms with Crippen molar-refractivity contribution in [3.05, 3.63) is 48.3 Å². The molecule has 1 aromatic carbocycles. The van der Waals surface area contributed by atoms with Crippen molar-refractivity contribution >= 4 is 23.6 Å². The van der Waals surface area contributed by atoms with Crippen molar-refractivity contribution in [2.45, 2.75) is 39.5 Å². The zero-order valence-electron chi connectivity index (χ0n) is 17.1. The van der Waals surface area contributed by atoms with E-state index in [1.807, 2.05) is 6.07 Å². The second-order valence-electron chi connectivity index (χ2n) is 7.57. The molecule has 2 N–H and O–H groups in total. The number of hydrogen-bond acceptors (Lipinski definition) is 5. The SMILES string of the molecule is CN(CC(=O)NCc1cccc(NC(=O)Cn2cccn2)c1)C(=O)OC(C)(C)C. The van der Waals surface area contributed by atoms with Crippen LogP contribution < -0.4 is 10.6 Å². The lowest BCUT2D eigenvalue weighted by molar-refractivity contribution is -0.122. The second-order valence-corrected chi connectivity index (χ2v) is 7.57. The second kappa shape index (κ2) is 9.72. The maximum absolute atomic E-state index is 12.1. The number of nitrogens with one attached hydrogen (secondary N) is 2. The Balaban J connectivity index is 1.81. The summed E-state index contributed by atoms with van der Waals surface area (Å²) in [5.74, 6) is -0.514. The third-order valence-corrected chi connectivity index (χ3v) is 3.65. The normalized spacial score (nSPS) is 10.9. The predicted octanol–water partition coefficient (Wildman–Crippen LogP) is 2.00. The van der Waals surface area contributed by atoms with Crippen molar-refractivity contribution in [3.8, 4) is 0 Å². The van der Waals surface area contributed by atoms with Crippen LogP contribution in [0, 0.1) is 0 Å². The quantitative estimate of drug-likeness (QED) is 0.738. The van der Waals surface area contributed by atoms with Crippen molar-refractivity contribution in [2.24, 2.45) is 0 Å². The molecule has 0 bridgehead atoms. The Morgan fingerprint density at radius 1 is 1.17 bits per heavy atom. The van der Waals surface area contributed by atoms with Crippen LogP contribution in [0.5, 0.6) is 0 Å². The van der Waals surface area contributed by atoms with Crippen LogP contribution in [0.1, 0.15) is 26.3 Å². The van der Waals surface area contributed by atoms with Gasteiger partial charge in [-0.1, -0.05) is 12.1 Å². The van der Waals surface area contributed by atoms with Crippen LogP contribution in [0.3, 0.4) is 0 Å². The van der Waals surface area contributed by atoms with Gasteiger partial charge in [0.15, 0.2) is 0 Å². The van der Waals surface area contributed by atoms with Crippen molar-refractivity contribution < 1.29 is 19.1 Å². The molecule has 9 nitrogen and oxygen atoms in total. The molecule has 0 saturated carbocycles. The van der Waals surface area contributed by atoms with E-state index in [0.717, 1.165) is 5.56 Å². The molecule has 1 heterocycles. The van der Waals surface area contributed by atoms with Gasteiger partial charge in [-0.3, -0.25) is 14.3 Å². The average Bonchev–Trinajstić information content (AvgIpc) is 3.11. The molecule has 0 radical (unpaired) electrons. The highest BCUT2D eigenvalue weighted by atomic mass is 16.6. The first-order valence-electron chi connectivity index (χ1n) is 9.19. The van der Waals surface area contributed by atoms with Crippen molar-refractivity contribution in [1.82, 2.24) is 20.0 Å². The number of likely N-dealkylation sites (N-methyl/N-ethyl adjacent to an activating group) is 1. The maximum Gasteiger partial charge on any atom is 0.410 e. The molecule has 0 aliphatic heterocycles. The Labute approximate surface area is 170 Å². The fourth-order valence-electron chi connectivity index (χ4n) is 2.38. The summed E-state index contributed by atoms with van der Waals surface area (Å²) < 4.78 is 6.74. The van der Waals surface area contributed by atoms with E-state index in [1.54, 1.807) is 57.4 Å². The largest absolute Gasteiger partial charge is 0.444 e. The minimum absolute atomic E-state index is 0.116. The molecular weight excluding hydrogens is 374 g/mol. The molecule has 0 saturated heterocycles. The van der Waals surface area contributed by atoms with Gasteiger partial charge in [-0.25, -0.2) is 4.79 Å². The number of rotatable bonds is 7. The molecular formula is C20H27N5O4. The standard InChI is InChI=1S/C20H27N5O4/c1-20(2,3)29-19(28)24(4)13-17(26)21-12-15-7-5-8-16(11-15)23-18(27)14-25-10-6-9-22-25/h5-11H,12-14H2,1-4H3,(H,21,26)(H,23,27). The van der Waals surface area contributed by atoms with Crippen LogP contribution in [-0.4, -0.2) is 51.8 Å². The van der Waals surface area contributed by atoms with E-state index >= 15 is 0 Å². The lowest BCUT2D eigenvalue weighted by Crippen LogP contribution is -2.40. The molecule has 9 heteroatoms. The molecule has 29 heavy (non-hydrogen) atoms. The van der Waals surface area contributed by atoms with Gasteiger partial charge in [-0.15, -0.1) is 0 Å². The number of hydrogen-bond donors (Lipinski definition) is 2. The van der Waals surface area contributed by atoms with Gasteiger partial charge in [0.2, 0.25) is 11.8 Å². The number of aromatic nitrogens is 2. The monoisotopic (exact) mass is 401 g/mol. The Hall–Kier alpha value is -3.36. The van der Waals surface area contributed by atoms with Crippen LogP contribution in [0.2, 0.25) is 0 Å². The lowest BCUT2D eigenvalue weighted by Gasteiger charge is -2.24. The number of ether oxygens (including phenoxy) is 1. The van der Waals surface area contributed by atoms with E-state index in [1.165, 1.54) is 16.6 Å². The van der Waals surface area contributed by atoms with Crippen LogP contribution in [-0.2, 0) is 27.4 Å². The van der Waals surface area contributed by atoms with Crippen LogP contribution >= 0.6 is 0 Å². The van der Waals surface area contributed by atoms with Crippen molar-refractivity contribution in [3.63, 3.8) is 0 Å².